The van der Waals surface area contributed by atoms with Crippen LogP contribution in [0.5, 0.6) is 0 Å². The Morgan fingerprint density at radius 1 is 1.28 bits per heavy atom. The van der Waals surface area contributed by atoms with Crippen LogP contribution >= 0.6 is 31.9 Å². The molecule has 0 aromatic heterocycles. The van der Waals surface area contributed by atoms with Crippen LogP contribution in [-0.2, 0) is 10.3 Å². The Labute approximate surface area is 121 Å². The van der Waals surface area contributed by atoms with Crippen molar-refractivity contribution in [3.63, 3.8) is 0 Å². The van der Waals surface area contributed by atoms with Crippen molar-refractivity contribution in [2.45, 2.75) is 31.7 Å². The highest BCUT2D eigenvalue weighted by Crippen LogP contribution is 2.37. The minimum Gasteiger partial charge on any atom is -0.357 e. The minimum atomic E-state index is -4.37. The third kappa shape index (κ3) is 3.71. The van der Waals surface area contributed by atoms with E-state index in [0.717, 1.165) is 11.4 Å². The fourth-order valence-electron chi connectivity index (χ4n) is 1.51. The summed E-state index contributed by atoms with van der Waals surface area (Å²) < 4.78 is 43.7. The number of halogens is 5. The van der Waals surface area contributed by atoms with Crippen molar-refractivity contribution >= 4 is 31.9 Å². The third-order valence-corrected chi connectivity index (χ3v) is 4.36. The van der Waals surface area contributed by atoms with Gasteiger partial charge in [-0.2, -0.15) is 13.2 Å². The molecule has 0 aliphatic heterocycles. The van der Waals surface area contributed by atoms with Crippen LogP contribution in [0.3, 0.4) is 0 Å². The second-order valence-electron chi connectivity index (χ2n) is 4.15. The van der Waals surface area contributed by atoms with Gasteiger partial charge in [0.15, 0.2) is 6.10 Å². The van der Waals surface area contributed by atoms with E-state index in [-0.39, 0.29) is 5.33 Å². The SMILES string of the molecule is CC(OC(C)(CBr)c1ccccc1Br)C(F)(F)F. The quantitative estimate of drug-likeness (QED) is 0.656. The maximum Gasteiger partial charge on any atom is 0.414 e. The molecular formula is C12H13Br2F3O. The van der Waals surface area contributed by atoms with Gasteiger partial charge in [-0.3, -0.25) is 0 Å². The van der Waals surface area contributed by atoms with Gasteiger partial charge in [-0.05, 0) is 25.5 Å². The van der Waals surface area contributed by atoms with E-state index < -0.39 is 17.9 Å². The van der Waals surface area contributed by atoms with Crippen molar-refractivity contribution in [1.29, 1.82) is 0 Å². The molecule has 18 heavy (non-hydrogen) atoms. The molecule has 0 aliphatic rings. The molecule has 0 saturated heterocycles. The fraction of sp³-hybridized carbons (Fsp3) is 0.500. The van der Waals surface area contributed by atoms with E-state index in [1.807, 2.05) is 0 Å². The van der Waals surface area contributed by atoms with Gasteiger partial charge in [0.05, 0.1) is 0 Å². The lowest BCUT2D eigenvalue weighted by Gasteiger charge is -2.33. The van der Waals surface area contributed by atoms with Crippen LogP contribution in [-0.4, -0.2) is 17.6 Å². The van der Waals surface area contributed by atoms with E-state index in [9.17, 15) is 13.2 Å². The largest absolute Gasteiger partial charge is 0.414 e. The van der Waals surface area contributed by atoms with E-state index in [1.54, 1.807) is 31.2 Å². The van der Waals surface area contributed by atoms with Gasteiger partial charge < -0.3 is 4.74 Å². The molecule has 0 fully saturated rings. The Hall–Kier alpha value is -0.0700. The van der Waals surface area contributed by atoms with Gasteiger partial charge in [0, 0.05) is 9.80 Å². The molecule has 0 heterocycles. The van der Waals surface area contributed by atoms with Crippen molar-refractivity contribution in [3.05, 3.63) is 34.3 Å². The highest BCUT2D eigenvalue weighted by molar-refractivity contribution is 9.10. The highest BCUT2D eigenvalue weighted by Gasteiger charge is 2.42. The van der Waals surface area contributed by atoms with Crippen LogP contribution < -0.4 is 0 Å². The molecule has 0 radical (unpaired) electrons. The molecule has 1 rings (SSSR count). The molecule has 0 amide bonds. The predicted molar refractivity (Wildman–Crippen MR) is 71.9 cm³/mol. The van der Waals surface area contributed by atoms with Crippen LogP contribution in [0.4, 0.5) is 13.2 Å². The molecule has 1 nitrogen and oxygen atoms in total. The van der Waals surface area contributed by atoms with Gasteiger partial charge >= 0.3 is 6.18 Å². The molecule has 0 spiro atoms. The first-order valence-electron chi connectivity index (χ1n) is 5.26. The summed E-state index contributed by atoms with van der Waals surface area (Å²) in [5.41, 5.74) is -0.368. The van der Waals surface area contributed by atoms with Crippen molar-refractivity contribution in [2.24, 2.45) is 0 Å². The molecule has 0 N–H and O–H groups in total. The number of ether oxygens (including phenoxy) is 1. The summed E-state index contributed by atoms with van der Waals surface area (Å²) in [6.45, 7) is 2.64. The van der Waals surface area contributed by atoms with Crippen LogP contribution in [0.15, 0.2) is 28.7 Å². The number of hydrogen-bond acceptors (Lipinski definition) is 1. The smallest absolute Gasteiger partial charge is 0.357 e. The van der Waals surface area contributed by atoms with Crippen molar-refractivity contribution in [2.75, 3.05) is 5.33 Å². The molecule has 1 aromatic rings. The summed E-state index contributed by atoms with van der Waals surface area (Å²) in [6, 6.07) is 7.09. The Balaban J connectivity index is 3.04. The van der Waals surface area contributed by atoms with Crippen LogP contribution in [0.25, 0.3) is 0 Å². The zero-order valence-electron chi connectivity index (χ0n) is 9.89. The van der Waals surface area contributed by atoms with E-state index in [1.165, 1.54) is 0 Å². The van der Waals surface area contributed by atoms with Gasteiger partial charge in [0.25, 0.3) is 0 Å². The second kappa shape index (κ2) is 5.92. The molecule has 1 aromatic carbocycles. The van der Waals surface area contributed by atoms with Crippen LogP contribution in [0, 0.1) is 0 Å². The molecule has 0 bridgehead atoms. The second-order valence-corrected chi connectivity index (χ2v) is 5.56. The van der Waals surface area contributed by atoms with Crippen molar-refractivity contribution < 1.29 is 17.9 Å². The summed E-state index contributed by atoms with van der Waals surface area (Å²) in [7, 11) is 0. The number of hydrogen-bond donors (Lipinski definition) is 0. The average Bonchev–Trinajstić information content (AvgIpc) is 2.28. The van der Waals surface area contributed by atoms with Gasteiger partial charge in [-0.15, -0.1) is 0 Å². The standard InChI is InChI=1S/C12H13Br2F3O/c1-8(12(15,16)17)18-11(2,7-13)9-5-3-4-6-10(9)14/h3-6,8H,7H2,1-2H3. The lowest BCUT2D eigenvalue weighted by Crippen LogP contribution is -2.39. The van der Waals surface area contributed by atoms with E-state index in [2.05, 4.69) is 31.9 Å². The number of rotatable bonds is 4. The highest BCUT2D eigenvalue weighted by atomic mass is 79.9. The first-order valence-corrected chi connectivity index (χ1v) is 7.17. The van der Waals surface area contributed by atoms with Gasteiger partial charge in [0.2, 0.25) is 0 Å². The summed E-state index contributed by atoms with van der Waals surface area (Å²) in [5.74, 6) is 0. The third-order valence-electron chi connectivity index (χ3n) is 2.60. The Kier molecular flexibility index (Phi) is 5.26. The zero-order chi connectivity index (χ0) is 14.0. The molecule has 6 heteroatoms. The molecule has 2 unspecified atom stereocenters. The number of alkyl halides is 4. The van der Waals surface area contributed by atoms with Crippen LogP contribution in [0.2, 0.25) is 0 Å². The van der Waals surface area contributed by atoms with Crippen LogP contribution in [0.1, 0.15) is 19.4 Å². The molecular weight excluding hydrogens is 377 g/mol. The number of benzene rings is 1. The maximum absolute atomic E-state index is 12.6. The van der Waals surface area contributed by atoms with Gasteiger partial charge in [0.1, 0.15) is 5.60 Å². The summed E-state index contributed by atoms with van der Waals surface area (Å²) in [6.07, 6.45) is -6.20. The molecule has 0 saturated carbocycles. The molecule has 102 valence electrons. The van der Waals surface area contributed by atoms with Crippen molar-refractivity contribution in [3.8, 4) is 0 Å². The monoisotopic (exact) mass is 388 g/mol. The predicted octanol–water partition coefficient (Wildman–Crippen LogP) is 5.03. The van der Waals surface area contributed by atoms with E-state index in [4.69, 9.17) is 4.74 Å². The molecule has 0 aliphatic carbocycles. The normalized spacial score (nSPS) is 17.3. The first-order chi connectivity index (χ1) is 8.20. The summed E-state index contributed by atoms with van der Waals surface area (Å²) in [5, 5.41) is 0.267. The first kappa shape index (κ1) is 16.0. The summed E-state index contributed by atoms with van der Waals surface area (Å²) in [4.78, 5) is 0. The Bertz CT molecular complexity index is 409. The van der Waals surface area contributed by atoms with E-state index in [0.29, 0.717) is 5.56 Å². The van der Waals surface area contributed by atoms with E-state index >= 15 is 0 Å². The lowest BCUT2D eigenvalue weighted by molar-refractivity contribution is -0.243. The minimum absolute atomic E-state index is 0.267. The van der Waals surface area contributed by atoms with Gasteiger partial charge in [-0.25, -0.2) is 0 Å². The van der Waals surface area contributed by atoms with Crippen molar-refractivity contribution in [1.82, 2.24) is 0 Å². The molecule has 2 atom stereocenters. The topological polar surface area (TPSA) is 9.23 Å². The zero-order valence-corrected chi connectivity index (χ0v) is 13.1. The lowest BCUT2D eigenvalue weighted by atomic mass is 9.98. The Morgan fingerprint density at radius 2 is 1.83 bits per heavy atom. The summed E-state index contributed by atoms with van der Waals surface area (Å²) >= 11 is 6.56. The fourth-order valence-corrected chi connectivity index (χ4v) is 2.65. The maximum atomic E-state index is 12.6. The average molecular weight is 390 g/mol. The van der Waals surface area contributed by atoms with Gasteiger partial charge in [-0.1, -0.05) is 50.1 Å². The Morgan fingerprint density at radius 3 is 2.28 bits per heavy atom.